The number of benzene rings is 2. The minimum atomic E-state index is -3.93. The maximum atomic E-state index is 13.4. The van der Waals surface area contributed by atoms with Crippen molar-refractivity contribution in [3.63, 3.8) is 0 Å². The van der Waals surface area contributed by atoms with E-state index in [2.05, 4.69) is 0 Å². The van der Waals surface area contributed by atoms with Crippen LogP contribution in [0.1, 0.15) is 15.9 Å². The Kier molecular flexibility index (Phi) is 4.85. The summed E-state index contributed by atoms with van der Waals surface area (Å²) in [6.45, 7) is -0.603. The first-order valence-corrected chi connectivity index (χ1v) is 9.11. The van der Waals surface area contributed by atoms with Crippen LogP contribution in [0.15, 0.2) is 59.5 Å². The number of rotatable bonds is 5. The summed E-state index contributed by atoms with van der Waals surface area (Å²) in [5.41, 5.74) is 0.315. The zero-order valence-corrected chi connectivity index (χ0v) is 14.3. The van der Waals surface area contributed by atoms with Crippen molar-refractivity contribution in [1.82, 2.24) is 4.31 Å². The molecule has 0 saturated heterocycles. The molecule has 1 aliphatic rings. The van der Waals surface area contributed by atoms with E-state index >= 15 is 0 Å². The third-order valence-electron chi connectivity index (χ3n) is 3.75. The fraction of sp³-hybridized carbons (Fsp3) is 0.111. The highest BCUT2D eigenvalue weighted by Crippen LogP contribution is 2.29. The third kappa shape index (κ3) is 3.36. The number of carbonyl (C=O) groups excluding carboxylic acids is 2. The molecule has 0 spiro atoms. The molecule has 0 fully saturated rings. The number of fused-ring (bicyclic) bond motifs is 1. The molecule has 134 valence electrons. The average molecular weight is 375 g/mol. The van der Waals surface area contributed by atoms with E-state index in [9.17, 15) is 22.4 Å². The largest absolute Gasteiger partial charge is 0.461 e. The molecule has 2 aromatic carbocycles. The van der Waals surface area contributed by atoms with Gasteiger partial charge in [0, 0.05) is 11.6 Å². The van der Waals surface area contributed by atoms with Crippen molar-refractivity contribution in [3.8, 4) is 0 Å². The van der Waals surface area contributed by atoms with Crippen molar-refractivity contribution in [2.45, 2.75) is 4.90 Å². The smallest absolute Gasteiger partial charge is 0.330 e. The molecule has 26 heavy (non-hydrogen) atoms. The molecule has 0 saturated carbocycles. The molecule has 0 unspecified atom stereocenters. The zero-order chi connectivity index (χ0) is 18.7. The number of amides is 1. The highest BCUT2D eigenvalue weighted by molar-refractivity contribution is 7.90. The summed E-state index contributed by atoms with van der Waals surface area (Å²) in [7, 11) is -3.93. The first-order valence-electron chi connectivity index (χ1n) is 7.67. The number of hydrogen-bond acceptors (Lipinski definition) is 5. The maximum absolute atomic E-state index is 13.4. The number of ether oxygens (including phenoxy) is 1. The van der Waals surface area contributed by atoms with Crippen molar-refractivity contribution in [2.75, 3.05) is 13.2 Å². The first kappa shape index (κ1) is 17.8. The van der Waals surface area contributed by atoms with Gasteiger partial charge in [0.2, 0.25) is 0 Å². The Labute approximate surface area is 149 Å². The molecule has 0 atom stereocenters. The van der Waals surface area contributed by atoms with Crippen LogP contribution in [-0.4, -0.2) is 37.8 Å². The fourth-order valence-electron chi connectivity index (χ4n) is 2.50. The van der Waals surface area contributed by atoms with Crippen LogP contribution in [0.4, 0.5) is 4.39 Å². The lowest BCUT2D eigenvalue weighted by Gasteiger charge is -2.14. The molecule has 3 rings (SSSR count). The predicted molar refractivity (Wildman–Crippen MR) is 91.1 cm³/mol. The molecule has 0 aliphatic carbocycles. The topological polar surface area (TPSA) is 80.8 Å². The van der Waals surface area contributed by atoms with Crippen molar-refractivity contribution in [3.05, 3.63) is 71.6 Å². The van der Waals surface area contributed by atoms with Gasteiger partial charge in [-0.3, -0.25) is 4.79 Å². The molecule has 2 aromatic rings. The number of nitrogens with zero attached hydrogens (tertiary/aromatic N) is 1. The second kappa shape index (κ2) is 7.09. The van der Waals surface area contributed by atoms with Crippen LogP contribution in [0.3, 0.4) is 0 Å². The molecule has 6 nitrogen and oxygen atoms in total. The van der Waals surface area contributed by atoms with Crippen LogP contribution in [0.2, 0.25) is 0 Å². The summed E-state index contributed by atoms with van der Waals surface area (Å²) < 4.78 is 43.7. The number of hydrogen-bond donors (Lipinski definition) is 0. The van der Waals surface area contributed by atoms with E-state index in [1.807, 2.05) is 0 Å². The molecule has 1 heterocycles. The Morgan fingerprint density at radius 2 is 1.81 bits per heavy atom. The van der Waals surface area contributed by atoms with E-state index in [1.165, 1.54) is 42.5 Å². The van der Waals surface area contributed by atoms with Crippen LogP contribution in [0.25, 0.3) is 6.08 Å². The summed E-state index contributed by atoms with van der Waals surface area (Å²) in [5.74, 6) is -1.91. The van der Waals surface area contributed by atoms with E-state index in [1.54, 1.807) is 12.1 Å². The molecule has 1 aliphatic heterocycles. The van der Waals surface area contributed by atoms with Crippen LogP contribution in [0, 0.1) is 5.82 Å². The maximum Gasteiger partial charge on any atom is 0.330 e. The van der Waals surface area contributed by atoms with Gasteiger partial charge < -0.3 is 4.74 Å². The number of sulfonamides is 1. The molecular weight excluding hydrogens is 361 g/mol. The Balaban J connectivity index is 1.60. The van der Waals surface area contributed by atoms with Gasteiger partial charge in [-0.25, -0.2) is 21.9 Å². The average Bonchev–Trinajstić information content (AvgIpc) is 2.82. The Bertz CT molecular complexity index is 1000. The summed E-state index contributed by atoms with van der Waals surface area (Å²) in [4.78, 5) is 23.8. The SMILES string of the molecule is O=C(/C=C/c1ccccc1F)OCCN1C(=O)c2ccccc2S1(=O)=O. The number of halogens is 1. The summed E-state index contributed by atoms with van der Waals surface area (Å²) in [5, 5.41) is 0. The summed E-state index contributed by atoms with van der Waals surface area (Å²) >= 11 is 0. The fourth-order valence-corrected chi connectivity index (χ4v) is 4.05. The van der Waals surface area contributed by atoms with Gasteiger partial charge in [0.25, 0.3) is 15.9 Å². The zero-order valence-electron chi connectivity index (χ0n) is 13.5. The van der Waals surface area contributed by atoms with Crippen molar-refractivity contribution < 1.29 is 27.1 Å². The van der Waals surface area contributed by atoms with Crippen LogP contribution >= 0.6 is 0 Å². The van der Waals surface area contributed by atoms with Gasteiger partial charge in [0.15, 0.2) is 0 Å². The van der Waals surface area contributed by atoms with Gasteiger partial charge in [-0.05, 0) is 24.3 Å². The van der Waals surface area contributed by atoms with Gasteiger partial charge in [-0.2, -0.15) is 0 Å². The van der Waals surface area contributed by atoms with Crippen molar-refractivity contribution in [2.24, 2.45) is 0 Å². The summed E-state index contributed by atoms with van der Waals surface area (Å²) in [6, 6.07) is 11.8. The second-order valence-corrected chi connectivity index (χ2v) is 7.23. The van der Waals surface area contributed by atoms with E-state index in [0.29, 0.717) is 4.31 Å². The quantitative estimate of drug-likeness (QED) is 0.591. The van der Waals surface area contributed by atoms with E-state index in [-0.39, 0.29) is 29.2 Å². The normalized spacial score (nSPS) is 15.3. The molecule has 0 radical (unpaired) electrons. The third-order valence-corrected chi connectivity index (χ3v) is 5.60. The molecule has 1 amide bonds. The Morgan fingerprint density at radius 3 is 2.54 bits per heavy atom. The molecule has 0 aromatic heterocycles. The Hall–Kier alpha value is -3.00. The lowest BCUT2D eigenvalue weighted by atomic mass is 10.2. The monoisotopic (exact) mass is 375 g/mol. The van der Waals surface area contributed by atoms with E-state index in [0.717, 1.165) is 6.08 Å². The minimum Gasteiger partial charge on any atom is -0.461 e. The highest BCUT2D eigenvalue weighted by atomic mass is 32.2. The van der Waals surface area contributed by atoms with E-state index < -0.39 is 27.7 Å². The van der Waals surface area contributed by atoms with Gasteiger partial charge >= 0.3 is 5.97 Å². The second-order valence-electron chi connectivity index (χ2n) is 5.40. The Morgan fingerprint density at radius 1 is 1.12 bits per heavy atom. The molecule has 0 N–H and O–H groups in total. The van der Waals surface area contributed by atoms with Crippen molar-refractivity contribution >= 4 is 28.0 Å². The van der Waals surface area contributed by atoms with Crippen LogP contribution in [0.5, 0.6) is 0 Å². The first-order chi connectivity index (χ1) is 12.4. The van der Waals surface area contributed by atoms with Gasteiger partial charge in [0.1, 0.15) is 17.3 Å². The van der Waals surface area contributed by atoms with Gasteiger partial charge in [-0.15, -0.1) is 0 Å². The standard InChI is InChI=1S/C18H14FNO5S/c19-15-7-3-1-5-13(15)9-10-17(21)25-12-11-20-18(22)14-6-2-4-8-16(14)26(20,23)24/h1-10H,11-12H2/b10-9+. The van der Waals surface area contributed by atoms with E-state index in [4.69, 9.17) is 4.74 Å². The van der Waals surface area contributed by atoms with Crippen LogP contribution in [-0.2, 0) is 19.6 Å². The van der Waals surface area contributed by atoms with Crippen LogP contribution < -0.4 is 0 Å². The highest BCUT2D eigenvalue weighted by Gasteiger charge is 2.40. The minimum absolute atomic E-state index is 0.0595. The van der Waals surface area contributed by atoms with Gasteiger partial charge in [0.05, 0.1) is 12.1 Å². The predicted octanol–water partition coefficient (Wildman–Crippen LogP) is 2.23. The molecular formula is C18H14FNO5S. The number of esters is 1. The van der Waals surface area contributed by atoms with Gasteiger partial charge in [-0.1, -0.05) is 30.3 Å². The molecule has 8 heteroatoms. The van der Waals surface area contributed by atoms with Crippen molar-refractivity contribution in [1.29, 1.82) is 0 Å². The molecule has 0 bridgehead atoms. The number of carbonyl (C=O) groups is 2. The summed E-state index contributed by atoms with van der Waals surface area (Å²) in [6.07, 6.45) is 2.29. The lowest BCUT2D eigenvalue weighted by Crippen LogP contribution is -2.33. The lowest BCUT2D eigenvalue weighted by molar-refractivity contribution is -0.137.